The van der Waals surface area contributed by atoms with Gasteiger partial charge in [0.05, 0.1) is 15.6 Å². The summed E-state index contributed by atoms with van der Waals surface area (Å²) in [5.74, 6) is 0.579. The molecule has 3 nitrogen and oxygen atoms in total. The van der Waals surface area contributed by atoms with E-state index in [2.05, 4.69) is 10.3 Å². The summed E-state index contributed by atoms with van der Waals surface area (Å²) in [7, 11) is 0. The molecule has 0 amide bonds. The molecule has 2 N–H and O–H groups in total. The Balaban J connectivity index is 1.97. The largest absolute Gasteiger partial charge is 0.388 e. The highest BCUT2D eigenvalue weighted by atomic mass is 35.5. The minimum atomic E-state index is -0.622. The second kappa shape index (κ2) is 5.42. The summed E-state index contributed by atoms with van der Waals surface area (Å²) < 4.78 is 0. The van der Waals surface area contributed by atoms with Gasteiger partial charge in [-0.1, -0.05) is 42.5 Å². The van der Waals surface area contributed by atoms with Crippen LogP contribution in [0.25, 0.3) is 0 Å². The number of aromatic nitrogens is 1. The molecule has 5 heteroatoms. The maximum absolute atomic E-state index is 10.3. The highest BCUT2D eigenvalue weighted by molar-refractivity contribution is 6.35. The van der Waals surface area contributed by atoms with Crippen LogP contribution in [0.4, 0.5) is 5.82 Å². The first-order chi connectivity index (χ1) is 8.09. The molecule has 1 aromatic heterocycles. The number of nitrogens with zero attached hydrogens (tertiary/aromatic N) is 1. The van der Waals surface area contributed by atoms with Gasteiger partial charge >= 0.3 is 0 Å². The van der Waals surface area contributed by atoms with E-state index in [9.17, 15) is 5.11 Å². The molecule has 0 atom stereocenters. The van der Waals surface area contributed by atoms with Gasteiger partial charge in [0.2, 0.25) is 0 Å². The summed E-state index contributed by atoms with van der Waals surface area (Å²) >= 11 is 11.8. The lowest BCUT2D eigenvalue weighted by Gasteiger charge is -2.32. The van der Waals surface area contributed by atoms with Gasteiger partial charge in [-0.25, -0.2) is 4.98 Å². The summed E-state index contributed by atoms with van der Waals surface area (Å²) in [5, 5.41) is 14.4. The Morgan fingerprint density at radius 3 is 2.65 bits per heavy atom. The molecule has 1 aliphatic rings. The fourth-order valence-corrected chi connectivity index (χ4v) is 2.63. The monoisotopic (exact) mass is 274 g/mol. The summed E-state index contributed by atoms with van der Waals surface area (Å²) in [6.45, 7) is 0.487. The van der Waals surface area contributed by atoms with Crippen LogP contribution >= 0.6 is 23.2 Å². The Morgan fingerprint density at radius 1 is 1.29 bits per heavy atom. The fraction of sp³-hybridized carbons (Fsp3) is 0.583. The van der Waals surface area contributed by atoms with E-state index in [0.29, 0.717) is 22.4 Å². The first-order valence-electron chi connectivity index (χ1n) is 5.86. The van der Waals surface area contributed by atoms with Crippen molar-refractivity contribution in [2.24, 2.45) is 0 Å². The molecule has 0 spiro atoms. The van der Waals surface area contributed by atoms with Gasteiger partial charge in [0.25, 0.3) is 0 Å². The molecule has 17 heavy (non-hydrogen) atoms. The first-order valence-corrected chi connectivity index (χ1v) is 6.62. The van der Waals surface area contributed by atoms with Gasteiger partial charge in [-0.2, -0.15) is 0 Å². The van der Waals surface area contributed by atoms with Crippen LogP contribution in [-0.4, -0.2) is 22.2 Å². The summed E-state index contributed by atoms with van der Waals surface area (Å²) in [4.78, 5) is 4.11. The molecular weight excluding hydrogens is 259 g/mol. The molecule has 0 aromatic carbocycles. The van der Waals surface area contributed by atoms with Gasteiger partial charge in [-0.3, -0.25) is 0 Å². The minimum absolute atomic E-state index is 0.483. The highest BCUT2D eigenvalue weighted by Crippen LogP contribution is 2.29. The third-order valence-corrected chi connectivity index (χ3v) is 3.67. The molecule has 1 fully saturated rings. The predicted octanol–water partition coefficient (Wildman–Crippen LogP) is 3.50. The van der Waals surface area contributed by atoms with Gasteiger partial charge in [0.1, 0.15) is 5.82 Å². The number of hydrogen-bond donors (Lipinski definition) is 2. The van der Waals surface area contributed by atoms with E-state index in [1.54, 1.807) is 12.3 Å². The van der Waals surface area contributed by atoms with Crippen LogP contribution in [0, 0.1) is 0 Å². The molecule has 2 rings (SSSR count). The lowest BCUT2D eigenvalue weighted by molar-refractivity contribution is 0.0166. The van der Waals surface area contributed by atoms with Crippen LogP contribution in [0.2, 0.25) is 10.0 Å². The second-order valence-electron chi connectivity index (χ2n) is 4.62. The Bertz CT molecular complexity index is 392. The lowest BCUT2D eigenvalue weighted by atomic mass is 9.85. The standard InChI is InChI=1S/C12H16Cl2N2O/c13-9-6-10(14)11(15-7-9)16-8-12(17)4-2-1-3-5-12/h6-7,17H,1-5,8H2,(H,15,16). The summed E-state index contributed by atoms with van der Waals surface area (Å²) in [6, 6.07) is 1.64. The average Bonchev–Trinajstić information content (AvgIpc) is 2.29. The van der Waals surface area contributed by atoms with Crippen LogP contribution in [0.5, 0.6) is 0 Å². The van der Waals surface area contributed by atoms with Gasteiger partial charge in [-0.05, 0) is 18.9 Å². The average molecular weight is 275 g/mol. The van der Waals surface area contributed by atoms with Gasteiger partial charge in [0.15, 0.2) is 0 Å². The SMILES string of the molecule is OC1(CNc2ncc(Cl)cc2Cl)CCCCC1. The number of pyridine rings is 1. The Hall–Kier alpha value is -0.510. The molecule has 1 saturated carbocycles. The second-order valence-corrected chi connectivity index (χ2v) is 5.47. The zero-order valence-corrected chi connectivity index (χ0v) is 11.1. The van der Waals surface area contributed by atoms with E-state index >= 15 is 0 Å². The number of anilines is 1. The maximum atomic E-state index is 10.3. The Morgan fingerprint density at radius 2 is 2.00 bits per heavy atom. The predicted molar refractivity (Wildman–Crippen MR) is 70.8 cm³/mol. The molecule has 1 heterocycles. The molecule has 1 aliphatic carbocycles. The van der Waals surface area contributed by atoms with Gasteiger partial charge in [-0.15, -0.1) is 0 Å². The zero-order chi connectivity index (χ0) is 12.3. The lowest BCUT2D eigenvalue weighted by Crippen LogP contribution is -2.39. The minimum Gasteiger partial charge on any atom is -0.388 e. The Labute approximate surface area is 111 Å². The van der Waals surface area contributed by atoms with Crippen molar-refractivity contribution in [1.29, 1.82) is 0 Å². The molecule has 0 radical (unpaired) electrons. The molecule has 1 aromatic rings. The fourth-order valence-electron chi connectivity index (χ4n) is 2.18. The number of halogens is 2. The van der Waals surface area contributed by atoms with E-state index < -0.39 is 5.60 Å². The van der Waals surface area contributed by atoms with Crippen molar-refractivity contribution in [2.75, 3.05) is 11.9 Å². The Kier molecular flexibility index (Phi) is 4.13. The van der Waals surface area contributed by atoms with E-state index in [-0.39, 0.29) is 0 Å². The third-order valence-electron chi connectivity index (χ3n) is 3.18. The van der Waals surface area contributed by atoms with E-state index in [0.717, 1.165) is 25.7 Å². The summed E-state index contributed by atoms with van der Waals surface area (Å²) in [6.07, 6.45) is 6.60. The van der Waals surface area contributed by atoms with Crippen molar-refractivity contribution in [3.05, 3.63) is 22.3 Å². The molecular formula is C12H16Cl2N2O. The van der Waals surface area contributed by atoms with Crippen LogP contribution < -0.4 is 5.32 Å². The van der Waals surface area contributed by atoms with Crippen molar-refractivity contribution in [3.8, 4) is 0 Å². The van der Waals surface area contributed by atoms with E-state index in [1.165, 1.54) is 6.42 Å². The smallest absolute Gasteiger partial charge is 0.144 e. The quantitative estimate of drug-likeness (QED) is 0.887. The molecule has 94 valence electrons. The number of nitrogens with one attached hydrogen (secondary N) is 1. The van der Waals surface area contributed by atoms with Crippen molar-refractivity contribution in [2.45, 2.75) is 37.7 Å². The van der Waals surface area contributed by atoms with Crippen LogP contribution in [0.15, 0.2) is 12.3 Å². The number of hydrogen-bond acceptors (Lipinski definition) is 3. The number of rotatable bonds is 3. The molecule has 0 unspecified atom stereocenters. The van der Waals surface area contributed by atoms with Crippen LogP contribution in [-0.2, 0) is 0 Å². The first kappa shape index (κ1) is 12.9. The van der Waals surface area contributed by atoms with E-state index in [1.807, 2.05) is 0 Å². The van der Waals surface area contributed by atoms with Crippen molar-refractivity contribution in [3.63, 3.8) is 0 Å². The van der Waals surface area contributed by atoms with Crippen LogP contribution in [0.1, 0.15) is 32.1 Å². The molecule has 0 aliphatic heterocycles. The molecule has 0 bridgehead atoms. The molecule has 0 saturated heterocycles. The van der Waals surface area contributed by atoms with Crippen molar-refractivity contribution >= 4 is 29.0 Å². The summed E-state index contributed by atoms with van der Waals surface area (Å²) in [5.41, 5.74) is -0.622. The zero-order valence-electron chi connectivity index (χ0n) is 9.55. The van der Waals surface area contributed by atoms with Crippen LogP contribution in [0.3, 0.4) is 0 Å². The van der Waals surface area contributed by atoms with E-state index in [4.69, 9.17) is 23.2 Å². The van der Waals surface area contributed by atoms with Crippen molar-refractivity contribution < 1.29 is 5.11 Å². The number of aliphatic hydroxyl groups is 1. The third kappa shape index (κ3) is 3.47. The van der Waals surface area contributed by atoms with Gasteiger partial charge in [0, 0.05) is 12.7 Å². The highest BCUT2D eigenvalue weighted by Gasteiger charge is 2.29. The van der Waals surface area contributed by atoms with Gasteiger partial charge < -0.3 is 10.4 Å². The topological polar surface area (TPSA) is 45.1 Å². The van der Waals surface area contributed by atoms with Crippen molar-refractivity contribution in [1.82, 2.24) is 4.98 Å². The normalized spacial score (nSPS) is 19.0. The maximum Gasteiger partial charge on any atom is 0.144 e.